The van der Waals surface area contributed by atoms with Crippen LogP contribution in [0, 0.1) is 0 Å². The zero-order chi connectivity index (χ0) is 14.3. The summed E-state index contributed by atoms with van der Waals surface area (Å²) in [5, 5.41) is 8.99. The monoisotopic (exact) mass is 265 g/mol. The summed E-state index contributed by atoms with van der Waals surface area (Å²) in [6, 6.07) is 9.52. The van der Waals surface area contributed by atoms with Crippen molar-refractivity contribution in [2.75, 3.05) is 13.6 Å². The Bertz CT molecular complexity index is 380. The average molecular weight is 265 g/mol. The molecule has 1 N–H and O–H groups in total. The first-order valence-corrected chi connectivity index (χ1v) is 6.75. The molecule has 2 atom stereocenters. The maximum absolute atomic E-state index is 10.9. The Kier molecular flexibility index (Phi) is 6.53. The van der Waals surface area contributed by atoms with Crippen LogP contribution in [0.1, 0.15) is 25.8 Å². The van der Waals surface area contributed by atoms with Gasteiger partial charge in [0.2, 0.25) is 0 Å². The molecule has 0 aliphatic carbocycles. The molecule has 2 unspecified atom stereocenters. The molecule has 19 heavy (non-hydrogen) atoms. The van der Waals surface area contributed by atoms with Gasteiger partial charge in [-0.2, -0.15) is 0 Å². The van der Waals surface area contributed by atoms with Crippen molar-refractivity contribution < 1.29 is 14.6 Å². The van der Waals surface area contributed by atoms with Crippen molar-refractivity contribution in [3.05, 3.63) is 35.9 Å². The van der Waals surface area contributed by atoms with Gasteiger partial charge in [-0.05, 0) is 12.6 Å². The Morgan fingerprint density at radius 2 is 2.00 bits per heavy atom. The summed E-state index contributed by atoms with van der Waals surface area (Å²) in [6.45, 7) is 5.23. The Hall–Kier alpha value is -1.39. The normalized spacial score (nSPS) is 22.7. The van der Waals surface area contributed by atoms with Gasteiger partial charge in [-0.15, -0.1) is 0 Å². The summed E-state index contributed by atoms with van der Waals surface area (Å²) in [6.07, 6.45) is 0.583. The van der Waals surface area contributed by atoms with E-state index in [4.69, 9.17) is 9.84 Å². The van der Waals surface area contributed by atoms with E-state index in [0.29, 0.717) is 19.6 Å². The van der Waals surface area contributed by atoms with Crippen LogP contribution in [0.15, 0.2) is 30.3 Å². The van der Waals surface area contributed by atoms with Crippen LogP contribution in [-0.4, -0.2) is 41.7 Å². The van der Waals surface area contributed by atoms with E-state index in [1.807, 2.05) is 56.1 Å². The highest BCUT2D eigenvalue weighted by Crippen LogP contribution is 2.19. The van der Waals surface area contributed by atoms with E-state index in [-0.39, 0.29) is 6.10 Å². The van der Waals surface area contributed by atoms with Crippen LogP contribution in [0.5, 0.6) is 0 Å². The van der Waals surface area contributed by atoms with E-state index in [2.05, 4.69) is 0 Å². The van der Waals surface area contributed by atoms with Crippen molar-refractivity contribution in [1.29, 1.82) is 0 Å². The summed E-state index contributed by atoms with van der Waals surface area (Å²) in [5.41, 5.74) is 1.12. The van der Waals surface area contributed by atoms with Crippen LogP contribution in [0.25, 0.3) is 0 Å². The standard InChI is InChI=1S/C13H17NO3.C2H6/c1-14-8-11(7-12(14)13(15)16)17-9-10-5-3-2-4-6-10;1-2/h2-6,11-12H,7-9H2,1H3,(H,15,16);1-2H3. The fraction of sp³-hybridized carbons (Fsp3) is 0.533. The maximum atomic E-state index is 10.9. The molecule has 0 amide bonds. The lowest BCUT2D eigenvalue weighted by Gasteiger charge is -2.13. The van der Waals surface area contributed by atoms with E-state index in [1.165, 1.54) is 0 Å². The topological polar surface area (TPSA) is 49.8 Å². The van der Waals surface area contributed by atoms with Crippen molar-refractivity contribution in [2.24, 2.45) is 0 Å². The summed E-state index contributed by atoms with van der Waals surface area (Å²) < 4.78 is 5.73. The number of rotatable bonds is 4. The Morgan fingerprint density at radius 1 is 1.37 bits per heavy atom. The third kappa shape index (κ3) is 4.65. The molecule has 2 rings (SSSR count). The van der Waals surface area contributed by atoms with Gasteiger partial charge in [0.15, 0.2) is 0 Å². The van der Waals surface area contributed by atoms with Gasteiger partial charge in [-0.1, -0.05) is 44.2 Å². The second-order valence-corrected chi connectivity index (χ2v) is 4.45. The Balaban J connectivity index is 0.000000861. The number of aliphatic carboxylic acids is 1. The molecule has 1 aliphatic rings. The van der Waals surface area contributed by atoms with Gasteiger partial charge in [0, 0.05) is 13.0 Å². The molecular weight excluding hydrogens is 242 g/mol. The van der Waals surface area contributed by atoms with Gasteiger partial charge >= 0.3 is 5.97 Å². The predicted octanol–water partition coefficient (Wildman–Crippen LogP) is 2.39. The third-order valence-corrected chi connectivity index (χ3v) is 3.12. The fourth-order valence-electron chi connectivity index (χ4n) is 2.15. The predicted molar refractivity (Wildman–Crippen MR) is 75.0 cm³/mol. The molecule has 1 heterocycles. The summed E-state index contributed by atoms with van der Waals surface area (Å²) in [4.78, 5) is 12.8. The number of hydrogen-bond acceptors (Lipinski definition) is 3. The van der Waals surface area contributed by atoms with Crippen molar-refractivity contribution >= 4 is 5.97 Å². The van der Waals surface area contributed by atoms with E-state index < -0.39 is 12.0 Å². The van der Waals surface area contributed by atoms with Gasteiger partial charge in [-0.3, -0.25) is 9.69 Å². The minimum absolute atomic E-state index is 0.0151. The van der Waals surface area contributed by atoms with Crippen molar-refractivity contribution in [3.8, 4) is 0 Å². The lowest BCUT2D eigenvalue weighted by atomic mass is 10.2. The lowest BCUT2D eigenvalue weighted by Crippen LogP contribution is -2.32. The summed E-state index contributed by atoms with van der Waals surface area (Å²) >= 11 is 0. The van der Waals surface area contributed by atoms with Crippen molar-refractivity contribution in [3.63, 3.8) is 0 Å². The first kappa shape index (κ1) is 15.7. The highest BCUT2D eigenvalue weighted by atomic mass is 16.5. The quantitative estimate of drug-likeness (QED) is 0.908. The third-order valence-electron chi connectivity index (χ3n) is 3.12. The molecule has 0 bridgehead atoms. The van der Waals surface area contributed by atoms with Gasteiger partial charge in [0.1, 0.15) is 6.04 Å². The number of carboxylic acid groups (broad SMARTS) is 1. The molecule has 0 spiro atoms. The molecule has 0 saturated carbocycles. The molecule has 4 nitrogen and oxygen atoms in total. The Labute approximate surface area is 115 Å². The highest BCUT2D eigenvalue weighted by molar-refractivity contribution is 5.73. The van der Waals surface area contributed by atoms with E-state index in [1.54, 1.807) is 0 Å². The molecule has 106 valence electrons. The zero-order valence-electron chi connectivity index (χ0n) is 11.9. The van der Waals surface area contributed by atoms with Crippen molar-refractivity contribution in [1.82, 2.24) is 4.90 Å². The molecule has 0 radical (unpaired) electrons. The molecule has 1 fully saturated rings. The van der Waals surface area contributed by atoms with E-state index in [9.17, 15) is 4.79 Å². The van der Waals surface area contributed by atoms with E-state index >= 15 is 0 Å². The first-order chi connectivity index (χ1) is 9.16. The van der Waals surface area contributed by atoms with Crippen LogP contribution in [-0.2, 0) is 16.1 Å². The molecule has 1 aromatic carbocycles. The number of likely N-dealkylation sites (tertiary alicyclic amines) is 1. The second kappa shape index (κ2) is 7.92. The maximum Gasteiger partial charge on any atom is 0.321 e. The molecular formula is C15H23NO3. The molecule has 1 saturated heterocycles. The Morgan fingerprint density at radius 3 is 2.53 bits per heavy atom. The minimum Gasteiger partial charge on any atom is -0.480 e. The number of likely N-dealkylation sites (N-methyl/N-ethyl adjacent to an activating group) is 1. The minimum atomic E-state index is -0.765. The molecule has 1 aromatic rings. The lowest BCUT2D eigenvalue weighted by molar-refractivity contribution is -0.141. The number of carbonyl (C=O) groups is 1. The summed E-state index contributed by atoms with van der Waals surface area (Å²) in [5.74, 6) is -0.765. The molecule has 0 aromatic heterocycles. The van der Waals surface area contributed by atoms with Crippen LogP contribution < -0.4 is 0 Å². The molecule has 4 heteroatoms. The number of hydrogen-bond donors (Lipinski definition) is 1. The van der Waals surface area contributed by atoms with Crippen LogP contribution in [0.3, 0.4) is 0 Å². The number of ether oxygens (including phenoxy) is 1. The molecule has 1 aliphatic heterocycles. The number of benzene rings is 1. The largest absolute Gasteiger partial charge is 0.480 e. The van der Waals surface area contributed by atoms with Crippen molar-refractivity contribution in [2.45, 2.75) is 39.0 Å². The van der Waals surface area contributed by atoms with Crippen LogP contribution in [0.4, 0.5) is 0 Å². The summed E-state index contributed by atoms with van der Waals surface area (Å²) in [7, 11) is 1.82. The fourth-order valence-corrected chi connectivity index (χ4v) is 2.15. The number of nitrogens with zero attached hydrogens (tertiary/aromatic N) is 1. The van der Waals surface area contributed by atoms with Gasteiger partial charge in [0.05, 0.1) is 12.7 Å². The average Bonchev–Trinajstić information content (AvgIpc) is 2.81. The van der Waals surface area contributed by atoms with Gasteiger partial charge in [-0.25, -0.2) is 0 Å². The zero-order valence-corrected chi connectivity index (χ0v) is 11.9. The van der Waals surface area contributed by atoms with Crippen LogP contribution in [0.2, 0.25) is 0 Å². The van der Waals surface area contributed by atoms with Gasteiger partial charge in [0.25, 0.3) is 0 Å². The smallest absolute Gasteiger partial charge is 0.321 e. The number of carboxylic acids is 1. The van der Waals surface area contributed by atoms with Crippen LogP contribution >= 0.6 is 0 Å². The SMILES string of the molecule is CC.CN1CC(OCc2ccccc2)CC1C(=O)O. The highest BCUT2D eigenvalue weighted by Gasteiger charge is 2.34. The second-order valence-electron chi connectivity index (χ2n) is 4.45. The van der Waals surface area contributed by atoms with Gasteiger partial charge < -0.3 is 9.84 Å². The first-order valence-electron chi connectivity index (χ1n) is 6.75. The van der Waals surface area contributed by atoms with E-state index in [0.717, 1.165) is 5.56 Å².